The number of thiophene rings is 1. The number of rotatable bonds is 4. The Morgan fingerprint density at radius 2 is 1.80 bits per heavy atom. The number of aromatic nitrogens is 1. The third-order valence-electron chi connectivity index (χ3n) is 5.81. The zero-order chi connectivity index (χ0) is 20.5. The van der Waals surface area contributed by atoms with Crippen molar-refractivity contribution >= 4 is 28.1 Å². The van der Waals surface area contributed by atoms with E-state index in [9.17, 15) is 9.59 Å². The van der Waals surface area contributed by atoms with E-state index >= 15 is 0 Å². The summed E-state index contributed by atoms with van der Waals surface area (Å²) >= 11 is 1.61. The lowest BCUT2D eigenvalue weighted by atomic mass is 9.89. The van der Waals surface area contributed by atoms with Crippen LogP contribution in [0.1, 0.15) is 50.8 Å². The van der Waals surface area contributed by atoms with E-state index in [1.807, 2.05) is 41.8 Å². The molecule has 0 saturated heterocycles. The Morgan fingerprint density at radius 3 is 2.63 bits per heavy atom. The Hall–Kier alpha value is -3.18. The van der Waals surface area contributed by atoms with Gasteiger partial charge in [-0.15, -0.1) is 11.3 Å². The molecular weight excluding hydrogens is 392 g/mol. The normalized spacial score (nSPS) is 14.3. The standard InChI is InChI=1S/C25H22N2O2S/c28-24-20(15-18-8-3-4-9-21(18)26-24)25(29)27-23(22-10-5-13-30-22)19-12-11-16-6-1-2-7-17(16)14-19/h3-5,8-15,23H,1-2,6-7H2,(H,26,28)(H,27,29). The molecule has 30 heavy (non-hydrogen) atoms. The van der Waals surface area contributed by atoms with Gasteiger partial charge in [0.25, 0.3) is 11.5 Å². The number of nitrogens with one attached hydrogen (secondary N) is 2. The molecule has 1 aliphatic rings. The lowest BCUT2D eigenvalue weighted by molar-refractivity contribution is 0.0942. The van der Waals surface area contributed by atoms with Crippen LogP contribution in [0.25, 0.3) is 10.9 Å². The molecule has 1 aliphatic carbocycles. The van der Waals surface area contributed by atoms with Crippen LogP contribution in [0.3, 0.4) is 0 Å². The molecule has 1 atom stereocenters. The maximum absolute atomic E-state index is 13.2. The highest BCUT2D eigenvalue weighted by atomic mass is 32.1. The smallest absolute Gasteiger partial charge is 0.261 e. The van der Waals surface area contributed by atoms with Crippen molar-refractivity contribution in [3.05, 3.63) is 104 Å². The van der Waals surface area contributed by atoms with Gasteiger partial charge in [-0.3, -0.25) is 9.59 Å². The molecule has 2 N–H and O–H groups in total. The summed E-state index contributed by atoms with van der Waals surface area (Å²) in [5, 5.41) is 5.96. The molecule has 5 heteroatoms. The Bertz CT molecular complexity index is 1270. The van der Waals surface area contributed by atoms with E-state index in [-0.39, 0.29) is 23.1 Å². The third-order valence-corrected chi connectivity index (χ3v) is 6.74. The minimum atomic E-state index is -0.374. The third kappa shape index (κ3) is 3.57. The summed E-state index contributed by atoms with van der Waals surface area (Å²) in [6, 6.07) is 19.4. The topological polar surface area (TPSA) is 62.0 Å². The van der Waals surface area contributed by atoms with Crippen LogP contribution in [-0.2, 0) is 12.8 Å². The first kappa shape index (κ1) is 18.8. The van der Waals surface area contributed by atoms with Crippen LogP contribution >= 0.6 is 11.3 Å². The largest absolute Gasteiger partial charge is 0.340 e. The lowest BCUT2D eigenvalue weighted by Gasteiger charge is -2.22. The van der Waals surface area contributed by atoms with Gasteiger partial charge < -0.3 is 10.3 Å². The summed E-state index contributed by atoms with van der Waals surface area (Å²) in [6.07, 6.45) is 4.65. The predicted molar refractivity (Wildman–Crippen MR) is 121 cm³/mol. The summed E-state index contributed by atoms with van der Waals surface area (Å²) in [6.45, 7) is 0. The number of hydrogen-bond donors (Lipinski definition) is 2. The van der Waals surface area contributed by atoms with Crippen molar-refractivity contribution in [1.29, 1.82) is 0 Å². The number of para-hydroxylation sites is 1. The Balaban J connectivity index is 1.51. The highest BCUT2D eigenvalue weighted by Gasteiger charge is 2.22. The number of amides is 1. The van der Waals surface area contributed by atoms with E-state index in [2.05, 4.69) is 28.5 Å². The Labute approximate surface area is 178 Å². The molecule has 0 aliphatic heterocycles. The molecule has 4 aromatic rings. The van der Waals surface area contributed by atoms with E-state index in [1.165, 1.54) is 24.0 Å². The molecule has 2 aromatic heterocycles. The van der Waals surface area contributed by atoms with Crippen molar-refractivity contribution in [3.63, 3.8) is 0 Å². The van der Waals surface area contributed by atoms with Gasteiger partial charge in [0, 0.05) is 10.4 Å². The van der Waals surface area contributed by atoms with Crippen molar-refractivity contribution in [2.75, 3.05) is 0 Å². The average molecular weight is 415 g/mol. The van der Waals surface area contributed by atoms with Crippen molar-refractivity contribution in [3.8, 4) is 0 Å². The van der Waals surface area contributed by atoms with E-state index in [0.29, 0.717) is 0 Å². The van der Waals surface area contributed by atoms with Crippen LogP contribution < -0.4 is 10.9 Å². The van der Waals surface area contributed by atoms with E-state index in [4.69, 9.17) is 0 Å². The molecule has 5 rings (SSSR count). The summed E-state index contributed by atoms with van der Waals surface area (Å²) in [5.41, 5.74) is 4.33. The van der Waals surface area contributed by atoms with Crippen LogP contribution in [0.4, 0.5) is 0 Å². The second-order valence-corrected chi connectivity index (χ2v) is 8.74. The fourth-order valence-corrected chi connectivity index (χ4v) is 5.03. The minimum absolute atomic E-state index is 0.133. The molecule has 1 unspecified atom stereocenters. The first-order chi connectivity index (χ1) is 14.7. The number of carbonyl (C=O) groups excluding carboxylic acids is 1. The summed E-state index contributed by atoms with van der Waals surface area (Å²) in [4.78, 5) is 29.6. The second kappa shape index (κ2) is 7.92. The van der Waals surface area contributed by atoms with Crippen LogP contribution in [0, 0.1) is 0 Å². The highest BCUT2D eigenvalue weighted by Crippen LogP contribution is 2.30. The first-order valence-corrected chi connectivity index (χ1v) is 11.1. The number of pyridine rings is 1. The average Bonchev–Trinajstić information content (AvgIpc) is 3.31. The zero-order valence-corrected chi connectivity index (χ0v) is 17.3. The fraction of sp³-hybridized carbons (Fsp3) is 0.200. The van der Waals surface area contributed by atoms with Gasteiger partial charge in [-0.1, -0.05) is 42.5 Å². The molecule has 2 aromatic carbocycles. The fourth-order valence-electron chi connectivity index (χ4n) is 4.23. The van der Waals surface area contributed by atoms with Crippen LogP contribution in [-0.4, -0.2) is 10.9 Å². The van der Waals surface area contributed by atoms with Crippen LogP contribution in [0.2, 0.25) is 0 Å². The van der Waals surface area contributed by atoms with Gasteiger partial charge in [0.15, 0.2) is 0 Å². The molecule has 0 fully saturated rings. The van der Waals surface area contributed by atoms with Crippen molar-refractivity contribution in [1.82, 2.24) is 10.3 Å². The number of carbonyl (C=O) groups is 1. The molecule has 150 valence electrons. The number of H-pyrrole nitrogens is 1. The maximum Gasteiger partial charge on any atom is 0.261 e. The van der Waals surface area contributed by atoms with Crippen LogP contribution in [0.5, 0.6) is 0 Å². The van der Waals surface area contributed by atoms with E-state index in [0.717, 1.165) is 34.2 Å². The Morgan fingerprint density at radius 1 is 0.967 bits per heavy atom. The molecular formula is C25H22N2O2S. The number of benzene rings is 2. The number of aromatic amines is 1. The van der Waals surface area contributed by atoms with E-state index in [1.54, 1.807) is 17.4 Å². The monoisotopic (exact) mass is 414 g/mol. The lowest BCUT2D eigenvalue weighted by Crippen LogP contribution is -2.33. The Kier molecular flexibility index (Phi) is 4.97. The number of hydrogen-bond acceptors (Lipinski definition) is 3. The second-order valence-electron chi connectivity index (χ2n) is 7.76. The quantitative estimate of drug-likeness (QED) is 0.494. The maximum atomic E-state index is 13.2. The summed E-state index contributed by atoms with van der Waals surface area (Å²) < 4.78 is 0. The summed E-state index contributed by atoms with van der Waals surface area (Å²) in [5.74, 6) is -0.363. The molecule has 4 nitrogen and oxygen atoms in total. The van der Waals surface area contributed by atoms with Gasteiger partial charge in [-0.2, -0.15) is 0 Å². The predicted octanol–water partition coefficient (Wildman–Crippen LogP) is 4.99. The van der Waals surface area contributed by atoms with E-state index < -0.39 is 0 Å². The molecule has 0 saturated carbocycles. The molecule has 0 radical (unpaired) electrons. The van der Waals surface area contributed by atoms with Gasteiger partial charge in [0.2, 0.25) is 0 Å². The van der Waals surface area contributed by atoms with Crippen molar-refractivity contribution < 1.29 is 4.79 Å². The first-order valence-electron chi connectivity index (χ1n) is 10.3. The minimum Gasteiger partial charge on any atom is -0.340 e. The molecule has 0 bridgehead atoms. The summed E-state index contributed by atoms with van der Waals surface area (Å²) in [7, 11) is 0. The highest BCUT2D eigenvalue weighted by molar-refractivity contribution is 7.10. The molecule has 1 amide bonds. The van der Waals surface area contributed by atoms with Gasteiger partial charge in [0.1, 0.15) is 5.56 Å². The van der Waals surface area contributed by atoms with Gasteiger partial charge in [-0.05, 0) is 71.3 Å². The molecule has 0 spiro atoms. The van der Waals surface area contributed by atoms with Crippen LogP contribution in [0.15, 0.2) is 70.8 Å². The van der Waals surface area contributed by atoms with Crippen molar-refractivity contribution in [2.24, 2.45) is 0 Å². The van der Waals surface area contributed by atoms with Gasteiger partial charge in [-0.25, -0.2) is 0 Å². The molecule has 2 heterocycles. The number of fused-ring (bicyclic) bond motifs is 2. The number of aryl methyl sites for hydroxylation is 2. The zero-order valence-electron chi connectivity index (χ0n) is 16.5. The van der Waals surface area contributed by atoms with Crippen molar-refractivity contribution in [2.45, 2.75) is 31.7 Å². The SMILES string of the molecule is O=C(NC(c1ccc2c(c1)CCCC2)c1cccs1)c1cc2ccccc2[nH]c1=O. The van der Waals surface area contributed by atoms with Gasteiger partial charge in [0.05, 0.1) is 6.04 Å². The van der Waals surface area contributed by atoms with Gasteiger partial charge >= 0.3 is 0 Å².